The summed E-state index contributed by atoms with van der Waals surface area (Å²) >= 11 is 0. The minimum atomic E-state index is -0.268. The average Bonchev–Trinajstić information content (AvgIpc) is 2.83. The Morgan fingerprint density at radius 3 is 2.47 bits per heavy atom. The molecule has 4 heteroatoms. The van der Waals surface area contributed by atoms with Crippen molar-refractivity contribution in [3.63, 3.8) is 0 Å². The molecule has 0 bridgehead atoms. The lowest BCUT2D eigenvalue weighted by Crippen LogP contribution is -2.33. The molecular weight excluding hydrogens is 422 g/mol. The summed E-state index contributed by atoms with van der Waals surface area (Å²) in [5, 5.41) is 0.987. The maximum atomic E-state index is 12.9. The molecule has 0 radical (unpaired) electrons. The topological polar surface area (TPSA) is 42.7 Å². The molecule has 3 aromatic carbocycles. The molecule has 0 amide bonds. The van der Waals surface area contributed by atoms with E-state index in [-0.39, 0.29) is 5.63 Å². The molecule has 1 aliphatic heterocycles. The molecule has 174 valence electrons. The van der Waals surface area contributed by atoms with E-state index in [2.05, 4.69) is 49.9 Å². The summed E-state index contributed by atoms with van der Waals surface area (Å²) in [6, 6.07) is 18.7. The number of fused-ring (bicyclic) bond motifs is 2. The molecule has 4 aromatic rings. The summed E-state index contributed by atoms with van der Waals surface area (Å²) in [6.07, 6.45) is 0.560. The van der Waals surface area contributed by atoms with Gasteiger partial charge in [0.2, 0.25) is 0 Å². The third kappa shape index (κ3) is 3.77. The van der Waals surface area contributed by atoms with Gasteiger partial charge in [-0.3, -0.25) is 0 Å². The van der Waals surface area contributed by atoms with E-state index >= 15 is 0 Å². The van der Waals surface area contributed by atoms with Crippen LogP contribution >= 0.6 is 0 Å². The van der Waals surface area contributed by atoms with Gasteiger partial charge in [0.1, 0.15) is 11.3 Å². The van der Waals surface area contributed by atoms with Crippen LogP contribution in [-0.2, 0) is 13.0 Å². The molecule has 0 saturated heterocycles. The molecule has 0 aliphatic carbocycles. The van der Waals surface area contributed by atoms with Crippen molar-refractivity contribution >= 4 is 16.7 Å². The summed E-state index contributed by atoms with van der Waals surface area (Å²) in [6.45, 7) is 11.9. The van der Waals surface area contributed by atoms with Gasteiger partial charge in [0.05, 0.1) is 0 Å². The Labute approximate surface area is 200 Å². The Balaban J connectivity index is 1.61. The fraction of sp³-hybridized carbons (Fsp3) is 0.300. The standard InChI is InChI=1S/C30H31NO3/c1-18(2)24-13-9-10-19(3)27(24)31-16-23-15-25-20(4)26(14-22-11-7-6-8-12-22)30(32)34-29(25)21(5)28(23)33-17-31/h6-13,15,18H,14,16-17H2,1-5H3. The van der Waals surface area contributed by atoms with Crippen molar-refractivity contribution in [2.75, 3.05) is 11.6 Å². The highest BCUT2D eigenvalue weighted by Crippen LogP contribution is 2.40. The zero-order valence-corrected chi connectivity index (χ0v) is 20.6. The van der Waals surface area contributed by atoms with Crippen LogP contribution in [0.4, 0.5) is 5.69 Å². The fourth-order valence-corrected chi connectivity index (χ4v) is 5.17. The van der Waals surface area contributed by atoms with E-state index in [1.807, 2.05) is 44.2 Å². The third-order valence-corrected chi connectivity index (χ3v) is 6.99. The average molecular weight is 454 g/mol. The predicted octanol–water partition coefficient (Wildman–Crippen LogP) is 6.79. The molecule has 5 rings (SSSR count). The predicted molar refractivity (Wildman–Crippen MR) is 138 cm³/mol. The van der Waals surface area contributed by atoms with Gasteiger partial charge in [-0.05, 0) is 55.0 Å². The van der Waals surface area contributed by atoms with Gasteiger partial charge in [0.15, 0.2) is 6.73 Å². The maximum absolute atomic E-state index is 12.9. The van der Waals surface area contributed by atoms with Gasteiger partial charge in [0, 0.05) is 40.7 Å². The number of para-hydroxylation sites is 1. The van der Waals surface area contributed by atoms with Gasteiger partial charge in [-0.2, -0.15) is 0 Å². The molecule has 0 N–H and O–H groups in total. The van der Waals surface area contributed by atoms with Gasteiger partial charge >= 0.3 is 5.63 Å². The van der Waals surface area contributed by atoms with E-state index in [1.165, 1.54) is 16.8 Å². The monoisotopic (exact) mass is 453 g/mol. The van der Waals surface area contributed by atoms with E-state index < -0.39 is 0 Å². The summed E-state index contributed by atoms with van der Waals surface area (Å²) in [5.41, 5.74) is 9.01. The first-order valence-electron chi connectivity index (χ1n) is 11.9. The Kier molecular flexibility index (Phi) is 5.68. The number of ether oxygens (including phenoxy) is 1. The van der Waals surface area contributed by atoms with E-state index in [9.17, 15) is 4.79 Å². The van der Waals surface area contributed by atoms with Crippen LogP contribution in [0.5, 0.6) is 5.75 Å². The molecule has 34 heavy (non-hydrogen) atoms. The number of aryl methyl sites for hydroxylation is 3. The highest BCUT2D eigenvalue weighted by Gasteiger charge is 2.26. The van der Waals surface area contributed by atoms with E-state index in [0.29, 0.717) is 30.2 Å². The Bertz CT molecular complexity index is 1430. The lowest BCUT2D eigenvalue weighted by Gasteiger charge is -2.35. The van der Waals surface area contributed by atoms with E-state index in [1.54, 1.807) is 0 Å². The quantitative estimate of drug-likeness (QED) is 0.319. The van der Waals surface area contributed by atoms with Crippen molar-refractivity contribution in [3.8, 4) is 5.75 Å². The van der Waals surface area contributed by atoms with Crippen LogP contribution < -0.4 is 15.3 Å². The number of nitrogens with zero attached hydrogens (tertiary/aromatic N) is 1. The van der Waals surface area contributed by atoms with Crippen LogP contribution in [0.25, 0.3) is 11.0 Å². The summed E-state index contributed by atoms with van der Waals surface area (Å²) in [5.74, 6) is 1.26. The van der Waals surface area contributed by atoms with E-state index in [4.69, 9.17) is 9.15 Å². The summed E-state index contributed by atoms with van der Waals surface area (Å²) in [4.78, 5) is 15.3. The van der Waals surface area contributed by atoms with Crippen molar-refractivity contribution in [3.05, 3.63) is 104 Å². The Morgan fingerprint density at radius 1 is 0.971 bits per heavy atom. The first-order valence-corrected chi connectivity index (χ1v) is 11.9. The van der Waals surface area contributed by atoms with Crippen molar-refractivity contribution < 1.29 is 9.15 Å². The zero-order valence-electron chi connectivity index (χ0n) is 20.6. The number of rotatable bonds is 4. The first-order chi connectivity index (χ1) is 16.3. The third-order valence-electron chi connectivity index (χ3n) is 6.99. The van der Waals surface area contributed by atoms with Crippen LogP contribution in [-0.4, -0.2) is 6.73 Å². The highest BCUT2D eigenvalue weighted by molar-refractivity contribution is 5.87. The molecule has 0 spiro atoms. The number of anilines is 1. The van der Waals surface area contributed by atoms with E-state index in [0.717, 1.165) is 39.9 Å². The normalized spacial score (nSPS) is 13.3. The van der Waals surface area contributed by atoms with Crippen LogP contribution in [0.2, 0.25) is 0 Å². The Morgan fingerprint density at radius 2 is 1.74 bits per heavy atom. The van der Waals surface area contributed by atoms with Gasteiger partial charge in [-0.25, -0.2) is 4.79 Å². The minimum absolute atomic E-state index is 0.268. The molecule has 4 nitrogen and oxygen atoms in total. The largest absolute Gasteiger partial charge is 0.472 e. The summed E-state index contributed by atoms with van der Waals surface area (Å²) in [7, 11) is 0. The van der Waals surface area contributed by atoms with Crippen LogP contribution in [0, 0.1) is 20.8 Å². The zero-order chi connectivity index (χ0) is 24.0. The molecular formula is C30H31NO3. The molecule has 0 atom stereocenters. The molecule has 1 aliphatic rings. The summed E-state index contributed by atoms with van der Waals surface area (Å²) < 4.78 is 12.2. The van der Waals surface area contributed by atoms with Gasteiger partial charge < -0.3 is 14.1 Å². The van der Waals surface area contributed by atoms with Gasteiger partial charge in [0.25, 0.3) is 0 Å². The molecule has 0 saturated carbocycles. The van der Waals surface area contributed by atoms with Crippen LogP contribution in [0.15, 0.2) is 63.8 Å². The smallest absolute Gasteiger partial charge is 0.340 e. The number of benzene rings is 3. The highest BCUT2D eigenvalue weighted by atomic mass is 16.5. The van der Waals surface area contributed by atoms with Crippen LogP contribution in [0.1, 0.15) is 58.7 Å². The SMILES string of the molecule is Cc1cccc(C(C)C)c1N1COc2c(cc3c(C)c(Cc4ccccc4)c(=O)oc3c2C)C1. The lowest BCUT2D eigenvalue weighted by atomic mass is 9.95. The van der Waals surface area contributed by atoms with Crippen molar-refractivity contribution in [1.29, 1.82) is 0 Å². The minimum Gasteiger partial charge on any atom is -0.472 e. The van der Waals surface area contributed by atoms with Crippen molar-refractivity contribution in [2.45, 2.75) is 53.5 Å². The second kappa shape index (κ2) is 8.68. The van der Waals surface area contributed by atoms with Crippen molar-refractivity contribution in [2.24, 2.45) is 0 Å². The maximum Gasteiger partial charge on any atom is 0.340 e. The lowest BCUT2D eigenvalue weighted by molar-refractivity contribution is 0.286. The molecule has 2 heterocycles. The Hall–Kier alpha value is -3.53. The van der Waals surface area contributed by atoms with Gasteiger partial charge in [-0.1, -0.05) is 62.4 Å². The molecule has 0 unspecified atom stereocenters. The first kappa shape index (κ1) is 22.3. The van der Waals surface area contributed by atoms with Crippen LogP contribution in [0.3, 0.4) is 0 Å². The fourth-order valence-electron chi connectivity index (χ4n) is 5.17. The molecule has 0 fully saturated rings. The second-order valence-electron chi connectivity index (χ2n) is 9.66. The number of hydrogen-bond acceptors (Lipinski definition) is 4. The molecule has 1 aromatic heterocycles. The van der Waals surface area contributed by atoms with Crippen molar-refractivity contribution in [1.82, 2.24) is 0 Å². The number of hydrogen-bond donors (Lipinski definition) is 0. The van der Waals surface area contributed by atoms with Gasteiger partial charge in [-0.15, -0.1) is 0 Å². The second-order valence-corrected chi connectivity index (χ2v) is 9.66.